The van der Waals surface area contributed by atoms with E-state index in [0.29, 0.717) is 37.4 Å². The molecule has 0 spiro atoms. The van der Waals surface area contributed by atoms with Crippen LogP contribution in [0, 0.1) is 0 Å². The van der Waals surface area contributed by atoms with E-state index < -0.39 is 11.7 Å². The van der Waals surface area contributed by atoms with E-state index in [1.165, 1.54) is 6.07 Å². The predicted molar refractivity (Wildman–Crippen MR) is 84.2 cm³/mol. The molecule has 24 heavy (non-hydrogen) atoms. The third-order valence-corrected chi connectivity index (χ3v) is 4.77. The average molecular weight is 342 g/mol. The van der Waals surface area contributed by atoms with Gasteiger partial charge in [0.25, 0.3) is 5.91 Å². The van der Waals surface area contributed by atoms with Gasteiger partial charge in [0.05, 0.1) is 22.9 Å². The van der Waals surface area contributed by atoms with E-state index in [9.17, 15) is 18.0 Å². The molecule has 0 saturated carbocycles. The van der Waals surface area contributed by atoms with Crippen LogP contribution in [0.4, 0.5) is 18.9 Å². The van der Waals surface area contributed by atoms with E-state index in [0.717, 1.165) is 31.4 Å². The van der Waals surface area contributed by atoms with Crippen molar-refractivity contribution in [2.45, 2.75) is 31.5 Å². The number of carbonyl (C=O) groups is 1. The first-order chi connectivity index (χ1) is 11.4. The van der Waals surface area contributed by atoms with Crippen LogP contribution in [-0.2, 0) is 10.9 Å². The van der Waals surface area contributed by atoms with Crippen molar-refractivity contribution in [3.8, 4) is 0 Å². The molecule has 0 N–H and O–H groups in total. The third kappa shape index (κ3) is 3.36. The van der Waals surface area contributed by atoms with Gasteiger partial charge in [-0.1, -0.05) is 0 Å². The maximum atomic E-state index is 13.1. The van der Waals surface area contributed by atoms with Crippen molar-refractivity contribution in [3.63, 3.8) is 0 Å². The number of benzene rings is 1. The molecule has 0 bridgehead atoms. The van der Waals surface area contributed by atoms with Crippen LogP contribution >= 0.6 is 0 Å². The molecule has 2 aliphatic heterocycles. The molecule has 2 saturated heterocycles. The zero-order valence-corrected chi connectivity index (χ0v) is 13.6. The Kier molecular flexibility index (Phi) is 4.71. The normalized spacial score (nSPS) is 21.6. The van der Waals surface area contributed by atoms with Crippen LogP contribution in [0.3, 0.4) is 0 Å². The number of amides is 1. The Morgan fingerprint density at radius 3 is 2.50 bits per heavy atom. The van der Waals surface area contributed by atoms with Crippen LogP contribution in [-0.4, -0.2) is 50.2 Å². The Balaban J connectivity index is 1.92. The summed E-state index contributed by atoms with van der Waals surface area (Å²) >= 11 is 0. The molecule has 4 nitrogen and oxygen atoms in total. The Morgan fingerprint density at radius 1 is 1.21 bits per heavy atom. The lowest BCUT2D eigenvalue weighted by Crippen LogP contribution is -2.32. The van der Waals surface area contributed by atoms with Crippen LogP contribution in [0.15, 0.2) is 18.2 Å². The minimum absolute atomic E-state index is 0.00126. The van der Waals surface area contributed by atoms with Crippen LogP contribution in [0.5, 0.6) is 0 Å². The Labute approximate surface area is 139 Å². The van der Waals surface area contributed by atoms with Gasteiger partial charge in [0.2, 0.25) is 0 Å². The van der Waals surface area contributed by atoms with Gasteiger partial charge in [0.15, 0.2) is 0 Å². The molecule has 1 atom stereocenters. The molecule has 1 amide bonds. The van der Waals surface area contributed by atoms with Gasteiger partial charge in [-0.3, -0.25) is 4.79 Å². The molecule has 132 valence electrons. The Morgan fingerprint density at radius 2 is 1.92 bits per heavy atom. The van der Waals surface area contributed by atoms with Crippen molar-refractivity contribution in [2.24, 2.45) is 0 Å². The van der Waals surface area contributed by atoms with E-state index in [2.05, 4.69) is 0 Å². The van der Waals surface area contributed by atoms with Crippen LogP contribution in [0.1, 0.15) is 35.2 Å². The number of alkyl halides is 3. The molecule has 1 aromatic rings. The fourth-order valence-corrected chi connectivity index (χ4v) is 3.38. The lowest BCUT2D eigenvalue weighted by molar-refractivity contribution is -0.137. The summed E-state index contributed by atoms with van der Waals surface area (Å²) in [5.74, 6) is -0.217. The van der Waals surface area contributed by atoms with E-state index in [1.54, 1.807) is 12.0 Å². The summed E-state index contributed by atoms with van der Waals surface area (Å²) in [7, 11) is 1.60. The van der Waals surface area contributed by atoms with Gasteiger partial charge in [0, 0.05) is 33.3 Å². The number of rotatable bonds is 3. The number of carbonyl (C=O) groups excluding carboxylic acids is 1. The maximum absolute atomic E-state index is 13.1. The maximum Gasteiger partial charge on any atom is 0.416 e. The average Bonchev–Trinajstić information content (AvgIpc) is 3.24. The van der Waals surface area contributed by atoms with Crippen molar-refractivity contribution >= 4 is 11.6 Å². The zero-order chi connectivity index (χ0) is 17.3. The van der Waals surface area contributed by atoms with Gasteiger partial charge >= 0.3 is 6.18 Å². The molecular weight excluding hydrogens is 321 g/mol. The first-order valence-electron chi connectivity index (χ1n) is 8.18. The van der Waals surface area contributed by atoms with E-state index >= 15 is 0 Å². The SMILES string of the molecule is CO[C@@H]1CCN(C(=O)c2ccc(C(F)(F)F)cc2N2CCCC2)C1. The first kappa shape index (κ1) is 17.1. The number of ether oxygens (including phenoxy) is 1. The number of likely N-dealkylation sites (tertiary alicyclic amines) is 1. The monoisotopic (exact) mass is 342 g/mol. The highest BCUT2D eigenvalue weighted by atomic mass is 19.4. The number of methoxy groups -OCH3 is 1. The first-order valence-corrected chi connectivity index (χ1v) is 8.18. The summed E-state index contributed by atoms with van der Waals surface area (Å²) in [6.07, 6.45) is -1.80. The van der Waals surface area contributed by atoms with Crippen LogP contribution in [0.2, 0.25) is 0 Å². The van der Waals surface area contributed by atoms with Gasteiger partial charge in [-0.2, -0.15) is 13.2 Å². The summed E-state index contributed by atoms with van der Waals surface area (Å²) in [5.41, 5.74) is 0.0342. The number of halogens is 3. The smallest absolute Gasteiger partial charge is 0.380 e. The molecular formula is C17H21F3N2O2. The van der Waals surface area contributed by atoms with Crippen LogP contribution in [0.25, 0.3) is 0 Å². The standard InChI is InChI=1S/C17H21F3N2O2/c1-24-13-6-9-22(11-13)16(23)14-5-4-12(17(18,19)20)10-15(14)21-7-2-3-8-21/h4-5,10,13H,2-3,6-9,11H2,1H3/t13-/m1/s1. The fourth-order valence-electron chi connectivity index (χ4n) is 3.38. The highest BCUT2D eigenvalue weighted by Gasteiger charge is 2.34. The molecule has 7 heteroatoms. The summed E-state index contributed by atoms with van der Waals surface area (Å²) in [5, 5.41) is 0. The predicted octanol–water partition coefficient (Wildman–Crippen LogP) is 3.17. The topological polar surface area (TPSA) is 32.8 Å². The van der Waals surface area contributed by atoms with E-state index in [4.69, 9.17) is 4.74 Å². The quantitative estimate of drug-likeness (QED) is 0.846. The minimum atomic E-state index is -4.41. The summed E-state index contributed by atoms with van der Waals surface area (Å²) < 4.78 is 44.4. The lowest BCUT2D eigenvalue weighted by Gasteiger charge is -2.25. The van der Waals surface area contributed by atoms with Gasteiger partial charge in [0.1, 0.15) is 0 Å². The van der Waals surface area contributed by atoms with Gasteiger partial charge in [-0.05, 0) is 37.5 Å². The molecule has 2 aliphatic rings. The number of nitrogens with zero attached hydrogens (tertiary/aromatic N) is 2. The second kappa shape index (κ2) is 6.63. The van der Waals surface area contributed by atoms with Crippen molar-refractivity contribution in [3.05, 3.63) is 29.3 Å². The third-order valence-electron chi connectivity index (χ3n) is 4.77. The molecule has 3 rings (SSSR count). The van der Waals surface area contributed by atoms with Crippen molar-refractivity contribution in [2.75, 3.05) is 38.2 Å². The zero-order valence-electron chi connectivity index (χ0n) is 13.6. The summed E-state index contributed by atoms with van der Waals surface area (Å²) in [6, 6.07) is 3.43. The lowest BCUT2D eigenvalue weighted by atomic mass is 10.1. The van der Waals surface area contributed by atoms with Crippen molar-refractivity contribution in [1.82, 2.24) is 4.90 Å². The van der Waals surface area contributed by atoms with Gasteiger partial charge < -0.3 is 14.5 Å². The second-order valence-electron chi connectivity index (χ2n) is 6.32. The molecule has 0 unspecified atom stereocenters. The van der Waals surface area contributed by atoms with E-state index in [-0.39, 0.29) is 12.0 Å². The Hall–Kier alpha value is -1.76. The van der Waals surface area contributed by atoms with Crippen molar-refractivity contribution < 1.29 is 22.7 Å². The Bertz CT molecular complexity index is 612. The molecule has 0 aliphatic carbocycles. The number of anilines is 1. The highest BCUT2D eigenvalue weighted by Crippen LogP contribution is 2.35. The molecule has 2 heterocycles. The number of hydrogen-bond donors (Lipinski definition) is 0. The summed E-state index contributed by atoms with van der Waals surface area (Å²) in [4.78, 5) is 16.4. The van der Waals surface area contributed by atoms with Gasteiger partial charge in [-0.25, -0.2) is 0 Å². The molecule has 0 radical (unpaired) electrons. The number of hydrogen-bond acceptors (Lipinski definition) is 3. The molecule has 2 fully saturated rings. The fraction of sp³-hybridized carbons (Fsp3) is 0.588. The summed E-state index contributed by atoms with van der Waals surface area (Å²) in [6.45, 7) is 2.41. The minimum Gasteiger partial charge on any atom is -0.380 e. The molecule has 0 aromatic heterocycles. The van der Waals surface area contributed by atoms with Gasteiger partial charge in [-0.15, -0.1) is 0 Å². The van der Waals surface area contributed by atoms with Crippen molar-refractivity contribution in [1.29, 1.82) is 0 Å². The highest BCUT2D eigenvalue weighted by molar-refractivity contribution is 6.00. The largest absolute Gasteiger partial charge is 0.416 e. The van der Waals surface area contributed by atoms with E-state index in [1.807, 2.05) is 4.90 Å². The molecule has 1 aromatic carbocycles. The van der Waals surface area contributed by atoms with Crippen LogP contribution < -0.4 is 4.90 Å². The second-order valence-corrected chi connectivity index (χ2v) is 6.32.